The third-order valence-electron chi connectivity index (χ3n) is 5.81. The second kappa shape index (κ2) is 15.7. The van der Waals surface area contributed by atoms with Crippen LogP contribution >= 0.6 is 31.1 Å². The van der Waals surface area contributed by atoms with E-state index in [1.54, 1.807) is 10.9 Å². The highest BCUT2D eigenvalue weighted by atomic mass is 32.2. The monoisotopic (exact) mass is 632 g/mol. The number of fused-ring (bicyclic) bond motifs is 1. The molecule has 2 aromatic rings. The minimum Gasteiger partial charge on any atom is -0.369 e. The van der Waals surface area contributed by atoms with E-state index in [0.29, 0.717) is 36.8 Å². The van der Waals surface area contributed by atoms with Gasteiger partial charge >= 0.3 is 7.60 Å². The number of carbonyl (C=O) groups is 2. The molecule has 2 heterocycles. The summed E-state index contributed by atoms with van der Waals surface area (Å²) in [6, 6.07) is 0. The molecular formula is C26H45N6O6PS2. The van der Waals surface area contributed by atoms with Crippen molar-refractivity contribution in [2.24, 2.45) is 10.8 Å². The normalized spacial score (nSPS) is 12.9. The number of rotatable bonds is 16. The number of nitrogens with zero attached hydrogens (tertiary/aromatic N) is 4. The number of aromatic amines is 1. The summed E-state index contributed by atoms with van der Waals surface area (Å²) in [7, 11) is -3.52. The van der Waals surface area contributed by atoms with Crippen molar-refractivity contribution in [1.29, 1.82) is 0 Å². The smallest absolute Gasteiger partial charge is 0.332 e. The molecule has 3 N–H and O–H groups in total. The Kier molecular flexibility index (Phi) is 13.6. The van der Waals surface area contributed by atoms with Gasteiger partial charge in [-0.2, -0.15) is 4.98 Å². The Bertz CT molecular complexity index is 1230. The molecule has 0 saturated heterocycles. The Balaban J connectivity index is 2.03. The third-order valence-corrected chi connectivity index (χ3v) is 10.2. The summed E-state index contributed by atoms with van der Waals surface area (Å²) in [5.41, 5.74) is 5.00. The van der Waals surface area contributed by atoms with Gasteiger partial charge in [0, 0.05) is 42.0 Å². The molecule has 0 aromatic carbocycles. The molecule has 0 spiro atoms. The fraction of sp³-hybridized carbons (Fsp3) is 0.731. The van der Waals surface area contributed by atoms with E-state index in [2.05, 4.69) is 26.8 Å². The molecule has 0 amide bonds. The fourth-order valence-electron chi connectivity index (χ4n) is 3.52. The highest BCUT2D eigenvalue weighted by Gasteiger charge is 2.28. The lowest BCUT2D eigenvalue weighted by molar-refractivity contribution is -0.118. The van der Waals surface area contributed by atoms with Gasteiger partial charge in [-0.3, -0.25) is 23.9 Å². The van der Waals surface area contributed by atoms with Crippen LogP contribution in [0.15, 0.2) is 11.1 Å². The number of nitrogen functional groups attached to an aromatic ring is 1. The molecule has 2 aromatic heterocycles. The van der Waals surface area contributed by atoms with Crippen LogP contribution in [0.4, 0.5) is 5.95 Å². The number of carbonyl (C=O) groups excluding carboxylic acids is 2. The lowest BCUT2D eigenvalue weighted by Crippen LogP contribution is -2.31. The van der Waals surface area contributed by atoms with Crippen LogP contribution in [-0.2, 0) is 29.7 Å². The second-order valence-electron chi connectivity index (χ2n) is 11.7. The molecule has 0 aliphatic rings. The number of nitrogens with two attached hydrogens (primary N) is 1. The predicted octanol–water partition coefficient (Wildman–Crippen LogP) is 4.25. The Hall–Kier alpha value is -1.70. The topological polar surface area (TPSA) is 162 Å². The van der Waals surface area contributed by atoms with Crippen LogP contribution in [0.5, 0.6) is 0 Å². The number of aromatic nitrogens is 4. The van der Waals surface area contributed by atoms with E-state index in [9.17, 15) is 18.9 Å². The Morgan fingerprint density at radius 2 is 1.59 bits per heavy atom. The van der Waals surface area contributed by atoms with E-state index in [4.69, 9.17) is 14.8 Å². The van der Waals surface area contributed by atoms with Crippen LogP contribution < -0.4 is 11.3 Å². The minimum atomic E-state index is -3.52. The molecular weight excluding hydrogens is 587 g/mol. The van der Waals surface area contributed by atoms with Crippen molar-refractivity contribution in [3.8, 4) is 0 Å². The van der Waals surface area contributed by atoms with Gasteiger partial charge in [-0.15, -0.1) is 0 Å². The first kappa shape index (κ1) is 35.5. The molecule has 0 atom stereocenters. The first-order chi connectivity index (χ1) is 19.1. The Morgan fingerprint density at radius 1 is 1.02 bits per heavy atom. The van der Waals surface area contributed by atoms with Gasteiger partial charge in [0.05, 0.1) is 25.7 Å². The zero-order chi connectivity index (χ0) is 30.8. The number of hydrogen-bond donors (Lipinski definition) is 2. The molecule has 0 aliphatic carbocycles. The van der Waals surface area contributed by atoms with Crippen LogP contribution in [0, 0.1) is 10.8 Å². The number of imidazole rings is 1. The summed E-state index contributed by atoms with van der Waals surface area (Å²) in [5, 5.41) is 0.0710. The first-order valence-electron chi connectivity index (χ1n) is 13.7. The van der Waals surface area contributed by atoms with Crippen molar-refractivity contribution in [1.82, 2.24) is 24.4 Å². The first-order valence-corrected chi connectivity index (χ1v) is 17.4. The van der Waals surface area contributed by atoms with Crippen molar-refractivity contribution in [3.05, 3.63) is 16.7 Å². The molecule has 2 rings (SSSR count). The molecule has 0 unspecified atom stereocenters. The van der Waals surface area contributed by atoms with Gasteiger partial charge in [-0.05, 0) is 13.0 Å². The minimum absolute atomic E-state index is 0.0228. The SMILES string of the molecule is CCCN(CCn1cnc2c(=O)[nH]c(N)nc21)CCP(=O)(OCCSC(=O)C(C)(C)C)OCCSC(=O)C(C)(C)C. The highest BCUT2D eigenvalue weighted by molar-refractivity contribution is 8.14. The third kappa shape index (κ3) is 11.8. The van der Waals surface area contributed by atoms with Gasteiger partial charge in [-0.25, -0.2) is 4.98 Å². The Labute approximate surface area is 250 Å². The molecule has 0 radical (unpaired) electrons. The lowest BCUT2D eigenvalue weighted by Gasteiger charge is -2.25. The van der Waals surface area contributed by atoms with Crippen LogP contribution in [-0.4, -0.2) is 85.2 Å². The van der Waals surface area contributed by atoms with Crippen LogP contribution in [0.25, 0.3) is 11.2 Å². The number of H-pyrrole nitrogens is 1. The molecule has 0 fully saturated rings. The van der Waals surface area contributed by atoms with Gasteiger partial charge in [0.25, 0.3) is 5.56 Å². The summed E-state index contributed by atoms with van der Waals surface area (Å²) in [5.74, 6) is 0.750. The molecule has 12 nitrogen and oxygen atoms in total. The van der Waals surface area contributed by atoms with E-state index < -0.39 is 24.0 Å². The number of anilines is 1. The molecule has 0 aliphatic heterocycles. The van der Waals surface area contributed by atoms with Gasteiger partial charge in [0.1, 0.15) is 0 Å². The summed E-state index contributed by atoms with van der Waals surface area (Å²) >= 11 is 2.31. The van der Waals surface area contributed by atoms with E-state index in [1.165, 1.54) is 0 Å². The van der Waals surface area contributed by atoms with Crippen LogP contribution in [0.1, 0.15) is 54.9 Å². The fourth-order valence-corrected chi connectivity index (χ4v) is 6.94. The molecule has 15 heteroatoms. The summed E-state index contributed by atoms with van der Waals surface area (Å²) in [4.78, 5) is 49.5. The molecule has 41 heavy (non-hydrogen) atoms. The number of hydrogen-bond acceptors (Lipinski definition) is 12. The zero-order valence-corrected chi connectivity index (χ0v) is 27.8. The van der Waals surface area contributed by atoms with Crippen molar-refractivity contribution < 1.29 is 23.2 Å². The maximum Gasteiger partial charge on any atom is 0.332 e. The maximum absolute atomic E-state index is 13.8. The van der Waals surface area contributed by atoms with Gasteiger partial charge in [0.15, 0.2) is 21.4 Å². The standard InChI is InChI=1S/C26H45N6O6PS2/c1-8-9-31(10-11-32-18-28-19-20(32)29-24(27)30-21(19)33)12-15-39(36,37-13-16-40-22(34)25(2,3)4)38-14-17-41-23(35)26(5,6)7/h18H,8-17H2,1-7H3,(H3,27,29,30,33). The van der Waals surface area contributed by atoms with Gasteiger partial charge < -0.3 is 24.2 Å². The average Bonchev–Trinajstić information content (AvgIpc) is 3.28. The molecule has 0 bridgehead atoms. The van der Waals surface area contributed by atoms with Crippen molar-refractivity contribution in [2.45, 2.75) is 61.4 Å². The number of nitrogens with one attached hydrogen (secondary N) is 1. The molecule has 0 saturated carbocycles. The maximum atomic E-state index is 13.8. The summed E-state index contributed by atoms with van der Waals surface area (Å²) < 4.78 is 27.1. The number of thioether (sulfide) groups is 2. The van der Waals surface area contributed by atoms with E-state index in [1.807, 2.05) is 41.5 Å². The second-order valence-corrected chi connectivity index (χ2v) is 16.0. The summed E-state index contributed by atoms with van der Waals surface area (Å²) in [6.07, 6.45) is 2.58. The van der Waals surface area contributed by atoms with Crippen LogP contribution in [0.3, 0.4) is 0 Å². The highest BCUT2D eigenvalue weighted by Crippen LogP contribution is 2.48. The average molecular weight is 633 g/mol. The van der Waals surface area contributed by atoms with Crippen LogP contribution in [0.2, 0.25) is 0 Å². The van der Waals surface area contributed by atoms with E-state index in [0.717, 1.165) is 36.5 Å². The quantitative estimate of drug-likeness (QED) is 0.200. The van der Waals surface area contributed by atoms with Crippen molar-refractivity contribution in [3.63, 3.8) is 0 Å². The van der Waals surface area contributed by atoms with Gasteiger partial charge in [0.2, 0.25) is 5.95 Å². The molecule has 232 valence electrons. The predicted molar refractivity (Wildman–Crippen MR) is 168 cm³/mol. The lowest BCUT2D eigenvalue weighted by atomic mass is 9.99. The van der Waals surface area contributed by atoms with Crippen molar-refractivity contribution in [2.75, 3.05) is 56.2 Å². The zero-order valence-electron chi connectivity index (χ0n) is 25.2. The van der Waals surface area contributed by atoms with Crippen molar-refractivity contribution >= 4 is 58.5 Å². The Morgan fingerprint density at radius 3 is 2.10 bits per heavy atom. The van der Waals surface area contributed by atoms with E-state index in [-0.39, 0.29) is 41.1 Å². The largest absolute Gasteiger partial charge is 0.369 e. The van der Waals surface area contributed by atoms with Gasteiger partial charge in [-0.1, -0.05) is 72.0 Å². The summed E-state index contributed by atoms with van der Waals surface area (Å²) in [6.45, 7) is 15.6. The van der Waals surface area contributed by atoms with E-state index >= 15 is 0 Å².